The van der Waals surface area contributed by atoms with E-state index in [9.17, 15) is 19.2 Å². The molecule has 0 bridgehead atoms. The number of likely N-dealkylation sites (N-methyl/N-ethyl adjacent to an activating group) is 3. The Morgan fingerprint density at radius 1 is 0.793 bits per heavy atom. The van der Waals surface area contributed by atoms with Crippen LogP contribution in [0.3, 0.4) is 0 Å². The van der Waals surface area contributed by atoms with Crippen LogP contribution in [0.1, 0.15) is 25.7 Å². The van der Waals surface area contributed by atoms with Crippen molar-refractivity contribution in [2.24, 2.45) is 0 Å². The maximum absolute atomic E-state index is 11.6. The Hall–Kier alpha value is -1.88. The van der Waals surface area contributed by atoms with Crippen molar-refractivity contribution < 1.29 is 19.2 Å². The van der Waals surface area contributed by atoms with Crippen molar-refractivity contribution in [3.63, 3.8) is 0 Å². The second kappa shape index (κ2) is 9.29. The van der Waals surface area contributed by atoms with Gasteiger partial charge in [0, 0.05) is 51.1 Å². The predicted molar refractivity (Wildman–Crippen MR) is 106 cm³/mol. The van der Waals surface area contributed by atoms with Gasteiger partial charge in [0.25, 0.3) is 0 Å². The highest BCUT2D eigenvalue weighted by atomic mass is 16.2. The number of hydrogen-bond acceptors (Lipinski definition) is 8. The van der Waals surface area contributed by atoms with E-state index in [1.807, 2.05) is 14.1 Å². The first-order valence-corrected chi connectivity index (χ1v) is 10.3. The number of nitrogens with zero attached hydrogens (tertiary/aromatic N) is 3. The monoisotopic (exact) mass is 408 g/mol. The average molecular weight is 409 g/mol. The van der Waals surface area contributed by atoms with E-state index in [1.165, 1.54) is 0 Å². The molecule has 4 heterocycles. The minimum atomic E-state index is -0.147. The molecule has 4 rings (SSSR count). The highest BCUT2D eigenvalue weighted by molar-refractivity contribution is 6.00. The summed E-state index contributed by atoms with van der Waals surface area (Å²) < 4.78 is 0. The molecule has 10 heteroatoms. The van der Waals surface area contributed by atoms with E-state index in [-0.39, 0.29) is 35.7 Å². The van der Waals surface area contributed by atoms with Gasteiger partial charge >= 0.3 is 0 Å². The van der Waals surface area contributed by atoms with Crippen LogP contribution in [0.25, 0.3) is 0 Å². The SMILES string of the molecule is CN(C1CNC1)C1CCC(=O)NC1=O.CN1CC(N(C)C2CCC(=O)NC2=O)C1. The fourth-order valence-electron chi connectivity index (χ4n) is 4.14. The van der Waals surface area contributed by atoms with Gasteiger partial charge in [0.1, 0.15) is 0 Å². The van der Waals surface area contributed by atoms with Gasteiger partial charge in [0.15, 0.2) is 0 Å². The highest BCUT2D eigenvalue weighted by Gasteiger charge is 2.37. The van der Waals surface area contributed by atoms with Crippen LogP contribution >= 0.6 is 0 Å². The third kappa shape index (κ3) is 5.19. The van der Waals surface area contributed by atoms with Crippen LogP contribution in [0.4, 0.5) is 0 Å². The van der Waals surface area contributed by atoms with Gasteiger partial charge in [-0.15, -0.1) is 0 Å². The summed E-state index contributed by atoms with van der Waals surface area (Å²) in [5.41, 5.74) is 0. The van der Waals surface area contributed by atoms with Gasteiger partial charge in [-0.2, -0.15) is 0 Å². The molecule has 4 saturated heterocycles. The lowest BCUT2D eigenvalue weighted by atomic mass is 10.0. The maximum atomic E-state index is 11.6. The lowest BCUT2D eigenvalue weighted by Crippen LogP contribution is -2.62. The Bertz CT molecular complexity index is 661. The first kappa shape index (κ1) is 21.8. The Kier molecular flexibility index (Phi) is 6.99. The van der Waals surface area contributed by atoms with E-state index in [1.54, 1.807) is 0 Å². The molecule has 3 N–H and O–H groups in total. The molecule has 162 valence electrons. The molecule has 4 amide bonds. The largest absolute Gasteiger partial charge is 0.314 e. The number of piperidine rings is 2. The molecule has 0 aromatic rings. The highest BCUT2D eigenvalue weighted by Crippen LogP contribution is 2.18. The third-order valence-electron chi connectivity index (χ3n) is 6.36. The van der Waals surface area contributed by atoms with Crippen molar-refractivity contribution in [1.29, 1.82) is 0 Å². The zero-order chi connectivity index (χ0) is 21.1. The van der Waals surface area contributed by atoms with Gasteiger partial charge in [-0.3, -0.25) is 39.6 Å². The topological polar surface area (TPSA) is 114 Å². The zero-order valence-electron chi connectivity index (χ0n) is 17.4. The molecule has 0 radical (unpaired) electrons. The van der Waals surface area contributed by atoms with Crippen LogP contribution in [-0.4, -0.2) is 110 Å². The van der Waals surface area contributed by atoms with Gasteiger partial charge in [0.05, 0.1) is 12.1 Å². The smallest absolute Gasteiger partial charge is 0.243 e. The molecular formula is C19H32N6O4. The average Bonchev–Trinajstić information content (AvgIpc) is 2.57. The molecule has 0 spiro atoms. The van der Waals surface area contributed by atoms with E-state index in [4.69, 9.17) is 0 Å². The number of hydrogen-bond donors (Lipinski definition) is 3. The standard InChI is InChI=1S/C10H17N3O2.C9H15N3O2/c1-12-5-7(6-12)13(2)8-3-4-9(14)11-10(8)15;1-12(6-4-10-5-6)7-2-3-8(13)11-9(7)14/h7-8H,3-6H2,1-2H3,(H,11,14,15);6-7,10H,2-5H2,1H3,(H,11,13,14). The van der Waals surface area contributed by atoms with Crippen molar-refractivity contribution >= 4 is 23.6 Å². The second-order valence-corrected chi connectivity index (χ2v) is 8.45. The summed E-state index contributed by atoms with van der Waals surface area (Å²) >= 11 is 0. The number of nitrogens with one attached hydrogen (secondary N) is 3. The van der Waals surface area contributed by atoms with Crippen molar-refractivity contribution in [3.05, 3.63) is 0 Å². The van der Waals surface area contributed by atoms with Gasteiger partial charge in [0.2, 0.25) is 23.6 Å². The van der Waals surface area contributed by atoms with E-state index >= 15 is 0 Å². The van der Waals surface area contributed by atoms with Crippen molar-refractivity contribution in [2.45, 2.75) is 49.9 Å². The molecule has 29 heavy (non-hydrogen) atoms. The van der Waals surface area contributed by atoms with Gasteiger partial charge in [-0.1, -0.05) is 0 Å². The van der Waals surface area contributed by atoms with E-state index in [2.05, 4.69) is 37.7 Å². The minimum Gasteiger partial charge on any atom is -0.314 e. The molecular weight excluding hydrogens is 376 g/mol. The predicted octanol–water partition coefficient (Wildman–Crippen LogP) is -2.27. The molecule has 0 aromatic carbocycles. The molecule has 4 aliphatic heterocycles. The van der Waals surface area contributed by atoms with E-state index in [0.29, 0.717) is 37.8 Å². The maximum Gasteiger partial charge on any atom is 0.243 e. The molecule has 0 aromatic heterocycles. The third-order valence-corrected chi connectivity index (χ3v) is 6.36. The molecule has 0 saturated carbocycles. The first-order valence-electron chi connectivity index (χ1n) is 10.3. The van der Waals surface area contributed by atoms with E-state index < -0.39 is 0 Å². The molecule has 4 fully saturated rings. The van der Waals surface area contributed by atoms with Crippen molar-refractivity contribution in [3.8, 4) is 0 Å². The fraction of sp³-hybridized carbons (Fsp3) is 0.789. The summed E-state index contributed by atoms with van der Waals surface area (Å²) in [6.45, 7) is 3.89. The van der Waals surface area contributed by atoms with Crippen LogP contribution < -0.4 is 16.0 Å². The molecule has 10 nitrogen and oxygen atoms in total. The van der Waals surface area contributed by atoms with E-state index in [0.717, 1.165) is 26.2 Å². The van der Waals surface area contributed by atoms with Crippen LogP contribution in [0.2, 0.25) is 0 Å². The normalized spacial score (nSPS) is 29.0. The summed E-state index contributed by atoms with van der Waals surface area (Å²) in [4.78, 5) is 51.4. The lowest BCUT2D eigenvalue weighted by Gasteiger charge is -2.45. The number of likely N-dealkylation sites (tertiary alicyclic amines) is 1. The quantitative estimate of drug-likeness (QED) is 0.447. The summed E-state index contributed by atoms with van der Waals surface area (Å²) in [6.07, 6.45) is 2.23. The van der Waals surface area contributed by atoms with Gasteiger partial charge < -0.3 is 10.2 Å². The summed E-state index contributed by atoms with van der Waals surface area (Å²) in [5.74, 6) is -0.569. The van der Waals surface area contributed by atoms with Crippen LogP contribution in [0.15, 0.2) is 0 Å². The van der Waals surface area contributed by atoms with Gasteiger partial charge in [-0.25, -0.2) is 0 Å². The van der Waals surface area contributed by atoms with Crippen molar-refractivity contribution in [1.82, 2.24) is 30.7 Å². The number of imide groups is 2. The Morgan fingerprint density at radius 2 is 1.24 bits per heavy atom. The van der Waals surface area contributed by atoms with Crippen LogP contribution in [0, 0.1) is 0 Å². The van der Waals surface area contributed by atoms with Crippen molar-refractivity contribution in [2.75, 3.05) is 47.3 Å². The summed E-state index contributed by atoms with van der Waals surface area (Å²) in [6, 6.07) is 0.652. The van der Waals surface area contributed by atoms with Gasteiger partial charge in [-0.05, 0) is 34.0 Å². The Balaban J connectivity index is 0.000000166. The molecule has 4 aliphatic rings. The second-order valence-electron chi connectivity index (χ2n) is 8.45. The van der Waals surface area contributed by atoms with Crippen LogP contribution in [0.5, 0.6) is 0 Å². The Labute approximate surface area is 171 Å². The fourth-order valence-corrected chi connectivity index (χ4v) is 4.14. The summed E-state index contributed by atoms with van der Waals surface area (Å²) in [5, 5.41) is 7.93. The molecule has 2 unspecified atom stereocenters. The number of carbonyl (C=O) groups is 4. The minimum absolute atomic E-state index is 0.124. The number of carbonyl (C=O) groups excluding carboxylic acids is 4. The summed E-state index contributed by atoms with van der Waals surface area (Å²) in [7, 11) is 5.98. The van der Waals surface area contributed by atoms with Crippen LogP contribution in [-0.2, 0) is 19.2 Å². The number of rotatable bonds is 4. The number of amides is 4. The molecule has 0 aliphatic carbocycles. The molecule has 2 atom stereocenters. The zero-order valence-corrected chi connectivity index (χ0v) is 17.4. The lowest BCUT2D eigenvalue weighted by molar-refractivity contribution is -0.140. The first-order chi connectivity index (χ1) is 13.8. The Morgan fingerprint density at radius 3 is 1.59 bits per heavy atom.